The molecule has 0 fully saturated rings. The third-order valence-electron chi connectivity index (χ3n) is 4.51. The summed E-state index contributed by atoms with van der Waals surface area (Å²) in [7, 11) is -3.63. The quantitative estimate of drug-likeness (QED) is 0.447. The number of hydrogen-bond donors (Lipinski definition) is 2. The third kappa shape index (κ3) is 4.14. The van der Waals surface area contributed by atoms with Crippen molar-refractivity contribution in [2.45, 2.75) is 18.4 Å². The van der Waals surface area contributed by atoms with E-state index in [0.717, 1.165) is 12.3 Å². The summed E-state index contributed by atoms with van der Waals surface area (Å²) in [6.07, 6.45) is 5.26. The predicted molar refractivity (Wildman–Crippen MR) is 111 cm³/mol. The van der Waals surface area contributed by atoms with Crippen molar-refractivity contribution in [3.8, 4) is 11.4 Å². The number of aryl methyl sites for hydroxylation is 1. The number of nitrogens with zero attached hydrogens (tertiary/aromatic N) is 4. The number of rotatable bonds is 6. The van der Waals surface area contributed by atoms with Crippen molar-refractivity contribution in [3.05, 3.63) is 58.9 Å². The first-order valence-electron chi connectivity index (χ1n) is 9.09. The van der Waals surface area contributed by atoms with E-state index < -0.39 is 22.0 Å². The van der Waals surface area contributed by atoms with E-state index in [1.54, 1.807) is 6.92 Å². The molecule has 0 unspecified atom stereocenters. The zero-order chi connectivity index (χ0) is 23.0. The summed E-state index contributed by atoms with van der Waals surface area (Å²) < 4.78 is 55.9. The van der Waals surface area contributed by atoms with Crippen molar-refractivity contribution in [2.24, 2.45) is 0 Å². The topological polar surface area (TPSA) is 132 Å². The number of pyridine rings is 1. The van der Waals surface area contributed by atoms with E-state index in [-0.39, 0.29) is 28.0 Å². The van der Waals surface area contributed by atoms with E-state index in [9.17, 15) is 22.0 Å². The second-order valence-electron chi connectivity index (χ2n) is 6.76. The summed E-state index contributed by atoms with van der Waals surface area (Å²) in [6, 6.07) is 5.06. The molecule has 13 heteroatoms. The lowest BCUT2D eigenvalue weighted by molar-refractivity contribution is -0.0499. The Hall–Kier alpha value is -3.87. The summed E-state index contributed by atoms with van der Waals surface area (Å²) in [5.41, 5.74) is 0.464. The van der Waals surface area contributed by atoms with Gasteiger partial charge in [-0.1, -0.05) is 0 Å². The Morgan fingerprint density at radius 2 is 2.00 bits per heavy atom. The number of ether oxygens (including phenoxy) is 1. The third-order valence-corrected chi connectivity index (χ3v) is 5.62. The van der Waals surface area contributed by atoms with Crippen molar-refractivity contribution in [3.63, 3.8) is 0 Å². The number of nitrogens with one attached hydrogen (secondary N) is 2. The normalized spacial score (nSPS) is 11.8. The number of anilines is 2. The minimum absolute atomic E-state index is 0.000779. The van der Waals surface area contributed by atoms with Gasteiger partial charge in [-0.15, -0.1) is 0 Å². The van der Waals surface area contributed by atoms with Crippen LogP contribution in [0.5, 0.6) is 5.75 Å². The van der Waals surface area contributed by atoms with Crippen LogP contribution in [0.3, 0.4) is 0 Å². The summed E-state index contributed by atoms with van der Waals surface area (Å²) >= 11 is 0. The van der Waals surface area contributed by atoms with Gasteiger partial charge < -0.3 is 15.0 Å². The summed E-state index contributed by atoms with van der Waals surface area (Å²) in [5, 5.41) is 7.72. The fourth-order valence-electron chi connectivity index (χ4n) is 3.06. The van der Waals surface area contributed by atoms with Gasteiger partial charge in [-0.2, -0.15) is 13.9 Å². The standard InChI is InChI=1S/C19H16F2N6O4S/c1-10-12-9-24-16(25-17-18(28)23-6-5-22-17)8-13(12)27(26-10)14-7-11(32(2,29)30)3-4-15(14)31-19(20)21/h3-9,19H,1-2H3,(H,23,28)(H,22,24,25). The molecule has 0 aliphatic rings. The van der Waals surface area contributed by atoms with Crippen LogP contribution in [-0.4, -0.2) is 46.0 Å². The number of aromatic amines is 1. The second kappa shape index (κ2) is 8.00. The van der Waals surface area contributed by atoms with Gasteiger partial charge in [0.1, 0.15) is 11.5 Å². The number of halogens is 2. The Kier molecular flexibility index (Phi) is 5.34. The maximum absolute atomic E-state index is 13.0. The smallest absolute Gasteiger partial charge is 0.387 e. The molecule has 1 aromatic carbocycles. The second-order valence-corrected chi connectivity index (χ2v) is 8.77. The highest BCUT2D eigenvalue weighted by molar-refractivity contribution is 7.90. The average Bonchev–Trinajstić information content (AvgIpc) is 3.04. The lowest BCUT2D eigenvalue weighted by Crippen LogP contribution is -2.13. The molecular weight excluding hydrogens is 446 g/mol. The van der Waals surface area contributed by atoms with E-state index in [0.29, 0.717) is 16.6 Å². The molecule has 0 aliphatic carbocycles. The van der Waals surface area contributed by atoms with Crippen LogP contribution in [0.4, 0.5) is 20.4 Å². The Morgan fingerprint density at radius 1 is 1.22 bits per heavy atom. The first kappa shape index (κ1) is 21.4. The van der Waals surface area contributed by atoms with Crippen LogP contribution in [0, 0.1) is 6.92 Å². The Labute approximate surface area is 179 Å². The minimum Gasteiger partial charge on any atom is -0.433 e. The van der Waals surface area contributed by atoms with Crippen molar-refractivity contribution < 1.29 is 21.9 Å². The lowest BCUT2D eigenvalue weighted by atomic mass is 10.2. The number of sulfone groups is 1. The predicted octanol–water partition coefficient (Wildman–Crippen LogP) is 2.56. The van der Waals surface area contributed by atoms with Crippen LogP contribution < -0.4 is 15.6 Å². The molecule has 0 aliphatic heterocycles. The van der Waals surface area contributed by atoms with Crippen LogP contribution >= 0.6 is 0 Å². The molecule has 0 atom stereocenters. The molecule has 3 aromatic heterocycles. The Morgan fingerprint density at radius 3 is 2.69 bits per heavy atom. The monoisotopic (exact) mass is 462 g/mol. The first-order valence-corrected chi connectivity index (χ1v) is 11.0. The zero-order valence-electron chi connectivity index (χ0n) is 16.7. The average molecular weight is 462 g/mol. The number of fused-ring (bicyclic) bond motifs is 1. The molecule has 0 radical (unpaired) electrons. The van der Waals surface area contributed by atoms with Crippen molar-refractivity contribution in [1.29, 1.82) is 0 Å². The number of H-pyrrole nitrogens is 1. The summed E-state index contributed by atoms with van der Waals surface area (Å²) in [5.74, 6) is -0.0225. The molecule has 4 rings (SSSR count). The highest BCUT2D eigenvalue weighted by Crippen LogP contribution is 2.32. The SMILES string of the molecule is Cc1nn(-c2cc(S(C)(=O)=O)ccc2OC(F)F)c2cc(Nc3ncc[nH]c3=O)ncc12. The maximum Gasteiger partial charge on any atom is 0.387 e. The van der Waals surface area contributed by atoms with E-state index >= 15 is 0 Å². The van der Waals surface area contributed by atoms with Crippen LogP contribution in [-0.2, 0) is 9.84 Å². The van der Waals surface area contributed by atoms with Gasteiger partial charge >= 0.3 is 6.61 Å². The molecule has 3 heterocycles. The number of aromatic nitrogens is 5. The van der Waals surface area contributed by atoms with Crippen LogP contribution in [0.15, 0.2) is 52.5 Å². The van der Waals surface area contributed by atoms with Crippen LogP contribution in [0.25, 0.3) is 16.6 Å². The Bertz CT molecular complexity index is 1480. The zero-order valence-corrected chi connectivity index (χ0v) is 17.5. The largest absolute Gasteiger partial charge is 0.433 e. The lowest BCUT2D eigenvalue weighted by Gasteiger charge is -2.13. The van der Waals surface area contributed by atoms with Crippen LogP contribution in [0.2, 0.25) is 0 Å². The fourth-order valence-corrected chi connectivity index (χ4v) is 3.70. The minimum atomic E-state index is -3.63. The van der Waals surface area contributed by atoms with E-state index in [4.69, 9.17) is 0 Å². The molecule has 166 valence electrons. The molecular formula is C19H16F2N6O4S. The molecule has 2 N–H and O–H groups in total. The number of hydrogen-bond acceptors (Lipinski definition) is 8. The van der Waals surface area contributed by atoms with Gasteiger partial charge in [0, 0.05) is 36.3 Å². The molecule has 0 saturated heterocycles. The fraction of sp³-hybridized carbons (Fsp3) is 0.158. The van der Waals surface area contributed by atoms with Gasteiger partial charge in [0.2, 0.25) is 0 Å². The van der Waals surface area contributed by atoms with Gasteiger partial charge in [-0.3, -0.25) is 4.79 Å². The Balaban J connectivity index is 1.90. The van der Waals surface area contributed by atoms with Crippen molar-refractivity contribution in [1.82, 2.24) is 24.7 Å². The highest BCUT2D eigenvalue weighted by Gasteiger charge is 2.20. The van der Waals surface area contributed by atoms with Gasteiger partial charge in [0.25, 0.3) is 5.56 Å². The molecule has 4 aromatic rings. The van der Waals surface area contributed by atoms with Gasteiger partial charge in [-0.05, 0) is 25.1 Å². The first-order chi connectivity index (χ1) is 15.1. The van der Waals surface area contributed by atoms with Gasteiger partial charge in [0.05, 0.1) is 16.1 Å². The summed E-state index contributed by atoms with van der Waals surface area (Å²) in [6.45, 7) is -1.44. The molecule has 32 heavy (non-hydrogen) atoms. The van der Waals surface area contributed by atoms with Crippen molar-refractivity contribution in [2.75, 3.05) is 11.6 Å². The van der Waals surface area contributed by atoms with Gasteiger partial charge in [-0.25, -0.2) is 23.1 Å². The summed E-state index contributed by atoms with van der Waals surface area (Å²) in [4.78, 5) is 22.4. The number of benzene rings is 1. The maximum atomic E-state index is 13.0. The molecule has 0 spiro atoms. The van der Waals surface area contributed by atoms with E-state index in [1.807, 2.05) is 0 Å². The van der Waals surface area contributed by atoms with Gasteiger partial charge in [0.15, 0.2) is 21.4 Å². The molecule has 0 amide bonds. The highest BCUT2D eigenvalue weighted by atomic mass is 32.2. The number of alkyl halides is 2. The van der Waals surface area contributed by atoms with E-state index in [2.05, 4.69) is 30.1 Å². The van der Waals surface area contributed by atoms with Crippen molar-refractivity contribution >= 4 is 32.4 Å². The molecule has 10 nitrogen and oxygen atoms in total. The van der Waals surface area contributed by atoms with Crippen LogP contribution in [0.1, 0.15) is 5.69 Å². The molecule has 0 saturated carbocycles. The van der Waals surface area contributed by atoms with E-state index in [1.165, 1.54) is 41.5 Å². The molecule has 0 bridgehead atoms.